The van der Waals surface area contributed by atoms with Crippen LogP contribution in [0.3, 0.4) is 0 Å². The van der Waals surface area contributed by atoms with Crippen LogP contribution in [-0.2, 0) is 23.8 Å². The van der Waals surface area contributed by atoms with Crippen molar-refractivity contribution < 1.29 is 23.8 Å². The van der Waals surface area contributed by atoms with E-state index in [1.807, 2.05) is 0 Å². The van der Waals surface area contributed by atoms with Crippen LogP contribution in [0.15, 0.2) is 60.9 Å². The van der Waals surface area contributed by atoms with Gasteiger partial charge in [0.05, 0.1) is 5.76 Å². The largest absolute Gasteiger partial charge is 0.495 e. The van der Waals surface area contributed by atoms with Crippen molar-refractivity contribution in [1.82, 2.24) is 0 Å². The Morgan fingerprint density at radius 3 is 1.10 bits per heavy atom. The average Bonchev–Trinajstić information content (AvgIpc) is 3.28. The summed E-state index contributed by atoms with van der Waals surface area (Å²) in [4.78, 5) is 25.5. The van der Waals surface area contributed by atoms with Crippen LogP contribution in [0.5, 0.6) is 0 Å². The third-order valence-corrected chi connectivity index (χ3v) is 11.9. The highest BCUT2D eigenvalue weighted by Crippen LogP contribution is 2.16. The fraction of sp³-hybridized carbons (Fsp3) is 0.793. The molecule has 0 heterocycles. The molecule has 0 spiro atoms. The second-order valence-electron chi connectivity index (χ2n) is 18.3. The van der Waals surface area contributed by atoms with Crippen molar-refractivity contribution in [3.05, 3.63) is 60.9 Å². The molecular formula is C58H104O5. The first-order valence-corrected chi connectivity index (χ1v) is 27.3. The highest BCUT2D eigenvalue weighted by atomic mass is 16.6. The zero-order valence-electron chi connectivity index (χ0n) is 42.1. The van der Waals surface area contributed by atoms with E-state index in [2.05, 4.69) is 76.0 Å². The van der Waals surface area contributed by atoms with E-state index in [0.29, 0.717) is 18.6 Å². The number of allylic oxidation sites excluding steroid dienone is 9. The van der Waals surface area contributed by atoms with Crippen LogP contribution in [0.25, 0.3) is 0 Å². The molecule has 0 N–H and O–H groups in total. The summed E-state index contributed by atoms with van der Waals surface area (Å²) in [5.41, 5.74) is 0. The summed E-state index contributed by atoms with van der Waals surface area (Å²) >= 11 is 0. The predicted molar refractivity (Wildman–Crippen MR) is 274 cm³/mol. The van der Waals surface area contributed by atoms with Gasteiger partial charge in [0.25, 0.3) is 0 Å². The van der Waals surface area contributed by atoms with Crippen molar-refractivity contribution in [2.75, 3.05) is 13.2 Å². The van der Waals surface area contributed by atoms with Gasteiger partial charge in [-0.05, 0) is 103 Å². The lowest BCUT2D eigenvalue weighted by Gasteiger charge is -2.19. The number of unbranched alkanes of at least 4 members (excludes halogenated alkanes) is 30. The summed E-state index contributed by atoms with van der Waals surface area (Å²) < 4.78 is 17.4. The number of rotatable bonds is 50. The lowest BCUT2D eigenvalue weighted by Crippen LogP contribution is -2.29. The predicted octanol–water partition coefficient (Wildman–Crippen LogP) is 18.9. The summed E-state index contributed by atoms with van der Waals surface area (Å²) in [6.07, 6.45) is 64.5. The van der Waals surface area contributed by atoms with E-state index >= 15 is 0 Å². The van der Waals surface area contributed by atoms with Crippen molar-refractivity contribution in [1.29, 1.82) is 0 Å². The average molecular weight is 881 g/mol. The minimum absolute atomic E-state index is 0.0263. The summed E-state index contributed by atoms with van der Waals surface area (Å²) in [7, 11) is 0. The fourth-order valence-corrected chi connectivity index (χ4v) is 7.72. The van der Waals surface area contributed by atoms with Gasteiger partial charge < -0.3 is 14.2 Å². The van der Waals surface area contributed by atoms with Crippen LogP contribution in [-0.4, -0.2) is 31.3 Å². The van der Waals surface area contributed by atoms with Crippen LogP contribution < -0.4 is 0 Å². The molecule has 0 radical (unpaired) electrons. The molecular weight excluding hydrogens is 777 g/mol. The Labute approximate surface area is 392 Å². The summed E-state index contributed by atoms with van der Waals surface area (Å²) in [5, 5.41) is 0. The van der Waals surface area contributed by atoms with Gasteiger partial charge in [-0.2, -0.15) is 0 Å². The molecule has 0 saturated carbocycles. The lowest BCUT2D eigenvalue weighted by atomic mass is 10.1. The van der Waals surface area contributed by atoms with Crippen molar-refractivity contribution in [3.63, 3.8) is 0 Å². The number of ether oxygens (including phenoxy) is 3. The molecule has 0 bridgehead atoms. The quantitative estimate of drug-likeness (QED) is 0.0264. The summed E-state index contributed by atoms with van der Waals surface area (Å²) in [5.74, 6) is 0.238. The Balaban J connectivity index is 4.41. The third-order valence-electron chi connectivity index (χ3n) is 11.9. The fourth-order valence-electron chi connectivity index (χ4n) is 7.72. The van der Waals surface area contributed by atoms with Gasteiger partial charge in [-0.3, -0.25) is 9.59 Å². The van der Waals surface area contributed by atoms with Crippen LogP contribution in [0.1, 0.15) is 278 Å². The molecule has 63 heavy (non-hydrogen) atoms. The van der Waals surface area contributed by atoms with Gasteiger partial charge in [-0.1, -0.05) is 211 Å². The van der Waals surface area contributed by atoms with Crippen molar-refractivity contribution in [2.24, 2.45) is 0 Å². The molecule has 1 atom stereocenters. The smallest absolute Gasteiger partial charge is 0.306 e. The van der Waals surface area contributed by atoms with Crippen molar-refractivity contribution in [2.45, 2.75) is 284 Å². The maximum atomic E-state index is 12.9. The molecule has 366 valence electrons. The van der Waals surface area contributed by atoms with Crippen LogP contribution in [0, 0.1) is 0 Å². The minimum atomic E-state index is -0.626. The van der Waals surface area contributed by atoms with E-state index in [0.717, 1.165) is 77.0 Å². The molecule has 0 rings (SSSR count). The Hall–Kier alpha value is -2.56. The number of carbonyl (C=O) groups is 2. The number of esters is 2. The van der Waals surface area contributed by atoms with E-state index < -0.39 is 6.10 Å². The van der Waals surface area contributed by atoms with Gasteiger partial charge in [0.2, 0.25) is 0 Å². The van der Waals surface area contributed by atoms with E-state index in [9.17, 15) is 9.59 Å². The molecule has 0 amide bonds. The molecule has 0 aliphatic carbocycles. The van der Waals surface area contributed by atoms with Crippen LogP contribution in [0.4, 0.5) is 0 Å². The number of carbonyl (C=O) groups excluding carboxylic acids is 2. The highest BCUT2D eigenvalue weighted by Gasteiger charge is 2.18. The number of hydrogen-bond donors (Lipinski definition) is 0. The molecule has 1 unspecified atom stereocenters. The topological polar surface area (TPSA) is 61.8 Å². The van der Waals surface area contributed by atoms with Gasteiger partial charge in [0.15, 0.2) is 6.10 Å². The summed E-state index contributed by atoms with van der Waals surface area (Å²) in [6, 6.07) is 0. The van der Waals surface area contributed by atoms with Crippen molar-refractivity contribution in [3.8, 4) is 0 Å². The Morgan fingerprint density at radius 2 is 0.667 bits per heavy atom. The maximum Gasteiger partial charge on any atom is 0.306 e. The zero-order chi connectivity index (χ0) is 45.8. The van der Waals surface area contributed by atoms with Gasteiger partial charge in [0, 0.05) is 19.3 Å². The molecule has 0 saturated heterocycles. The lowest BCUT2D eigenvalue weighted by molar-refractivity contribution is -0.162. The molecule has 0 aromatic carbocycles. The second kappa shape index (κ2) is 52.1. The number of hydrogen-bond acceptors (Lipinski definition) is 5. The molecule has 0 aliphatic rings. The molecule has 5 nitrogen and oxygen atoms in total. The second-order valence-corrected chi connectivity index (χ2v) is 18.3. The third kappa shape index (κ3) is 50.3. The van der Waals surface area contributed by atoms with E-state index in [-0.39, 0.29) is 25.2 Å². The maximum absolute atomic E-state index is 12.9. The monoisotopic (exact) mass is 881 g/mol. The van der Waals surface area contributed by atoms with E-state index in [1.165, 1.54) is 167 Å². The molecule has 0 aromatic heterocycles. The molecule has 0 aliphatic heterocycles. The molecule has 5 heteroatoms. The summed E-state index contributed by atoms with van der Waals surface area (Å²) in [6.45, 7) is 11.1. The SMILES string of the molecule is C=C(CCCCCCC/C=C\CCCCCCCC)OCC(COC(=O)CCCCCCC/C=C\CCCCCCCC)OC(=O)CCCCCCC/C=C\C/C=C\CCCCC. The van der Waals surface area contributed by atoms with E-state index in [4.69, 9.17) is 14.2 Å². The first-order valence-electron chi connectivity index (χ1n) is 27.3. The Bertz CT molecular complexity index is 1050. The van der Waals surface area contributed by atoms with Crippen LogP contribution >= 0.6 is 0 Å². The van der Waals surface area contributed by atoms with Crippen molar-refractivity contribution >= 4 is 11.9 Å². The van der Waals surface area contributed by atoms with Gasteiger partial charge in [0.1, 0.15) is 13.2 Å². The molecule has 0 fully saturated rings. The van der Waals surface area contributed by atoms with Gasteiger partial charge in [-0.15, -0.1) is 0 Å². The van der Waals surface area contributed by atoms with E-state index in [1.54, 1.807) is 0 Å². The first kappa shape index (κ1) is 60.4. The Kier molecular flexibility index (Phi) is 50.0. The highest BCUT2D eigenvalue weighted by molar-refractivity contribution is 5.70. The molecule has 0 aromatic rings. The normalized spacial score (nSPS) is 12.4. The first-order chi connectivity index (χ1) is 31.0. The Morgan fingerprint density at radius 1 is 0.365 bits per heavy atom. The standard InChI is InChI=1S/C58H104O5/c1-5-8-11-14-17-20-23-26-29-32-35-38-41-44-47-50-55(4)61-53-56(63-58(60)52-49-46-43-40-37-34-31-28-25-22-19-16-13-10-7-3)54-62-57(59)51-48-45-42-39-36-33-30-27-24-21-18-15-12-9-6-2/h19,22,26-31,56H,4-18,20-21,23-25,32-54H2,1-3H3/b22-19-,29-26-,30-27-,31-28-. The van der Waals surface area contributed by atoms with Crippen LogP contribution in [0.2, 0.25) is 0 Å². The zero-order valence-corrected chi connectivity index (χ0v) is 42.1. The van der Waals surface area contributed by atoms with Gasteiger partial charge in [-0.25, -0.2) is 0 Å². The van der Waals surface area contributed by atoms with Gasteiger partial charge >= 0.3 is 11.9 Å². The minimum Gasteiger partial charge on any atom is -0.495 e.